The Morgan fingerprint density at radius 1 is 0.639 bits per heavy atom. The summed E-state index contributed by atoms with van der Waals surface area (Å²) in [4.78, 5) is 0. The van der Waals surface area contributed by atoms with Gasteiger partial charge in [0.05, 0.1) is 11.1 Å². The van der Waals surface area contributed by atoms with Crippen LogP contribution in [0, 0.1) is 52.8 Å². The van der Waals surface area contributed by atoms with Crippen LogP contribution in [0.25, 0.3) is 10.8 Å². The monoisotopic (exact) mass is 488 g/mol. The molecule has 4 aromatic carbocycles. The second kappa shape index (κ2) is 10.8. The molecule has 0 amide bonds. The van der Waals surface area contributed by atoms with Crippen LogP contribution in [0.3, 0.4) is 0 Å². The van der Waals surface area contributed by atoms with Gasteiger partial charge in [0.15, 0.2) is 0 Å². The number of rotatable bonds is 3. The van der Waals surface area contributed by atoms with Crippen LogP contribution in [0.4, 0.5) is 22.0 Å². The van der Waals surface area contributed by atoms with Crippen LogP contribution in [0.1, 0.15) is 29.2 Å². The van der Waals surface area contributed by atoms with Crippen molar-refractivity contribution in [1.82, 2.24) is 0 Å². The summed E-state index contributed by atoms with van der Waals surface area (Å²) in [7, 11) is 0. The first kappa shape index (κ1) is 24.6. The zero-order chi connectivity index (χ0) is 25.7. The Balaban J connectivity index is 1.58. The lowest BCUT2D eigenvalue weighted by atomic mass is 10.1. The van der Waals surface area contributed by atoms with Gasteiger partial charge >= 0.3 is 0 Å². The zero-order valence-electron chi connectivity index (χ0n) is 18.9. The Labute approximate surface area is 204 Å². The van der Waals surface area contributed by atoms with E-state index in [4.69, 9.17) is 4.74 Å². The van der Waals surface area contributed by atoms with Gasteiger partial charge in [0.25, 0.3) is 0 Å². The molecule has 0 atom stereocenters. The molecule has 0 N–H and O–H groups in total. The molecule has 36 heavy (non-hydrogen) atoms. The van der Waals surface area contributed by atoms with Gasteiger partial charge < -0.3 is 4.74 Å². The highest BCUT2D eigenvalue weighted by Crippen LogP contribution is 2.21. The highest BCUT2D eigenvalue weighted by Gasteiger charge is 2.11. The predicted molar refractivity (Wildman–Crippen MR) is 129 cm³/mol. The first-order valence-corrected chi connectivity index (χ1v) is 10.8. The van der Waals surface area contributed by atoms with Gasteiger partial charge in [-0.05, 0) is 54.1 Å². The van der Waals surface area contributed by atoms with Gasteiger partial charge in [-0.3, -0.25) is 0 Å². The fourth-order valence-corrected chi connectivity index (χ4v) is 3.32. The van der Waals surface area contributed by atoms with Gasteiger partial charge in [0, 0.05) is 23.3 Å². The van der Waals surface area contributed by atoms with Crippen molar-refractivity contribution in [3.8, 4) is 29.4 Å². The summed E-state index contributed by atoms with van der Waals surface area (Å²) in [6.07, 6.45) is 3.40. The Bertz CT molecular complexity index is 1570. The fourth-order valence-electron chi connectivity index (χ4n) is 3.32. The lowest BCUT2D eigenvalue weighted by molar-refractivity contribution is 0.357. The minimum absolute atomic E-state index is 0.00718. The summed E-state index contributed by atoms with van der Waals surface area (Å²) >= 11 is 0. The molecule has 0 spiro atoms. The second-order valence-electron chi connectivity index (χ2n) is 7.66. The topological polar surface area (TPSA) is 9.23 Å². The van der Waals surface area contributed by atoms with Crippen molar-refractivity contribution in [2.24, 2.45) is 0 Å². The van der Waals surface area contributed by atoms with Crippen LogP contribution in [0.2, 0.25) is 0 Å². The van der Waals surface area contributed by atoms with E-state index in [2.05, 4.69) is 23.7 Å². The predicted octanol–water partition coefficient (Wildman–Crippen LogP) is 7.29. The molecule has 0 aromatic heterocycles. The molecule has 178 valence electrons. The van der Waals surface area contributed by atoms with Crippen LogP contribution in [-0.2, 0) is 0 Å². The lowest BCUT2D eigenvalue weighted by Crippen LogP contribution is -1.98. The molecule has 0 saturated heterocycles. The normalized spacial score (nSPS) is 10.6. The third-order valence-electron chi connectivity index (χ3n) is 5.11. The number of benzene rings is 4. The van der Waals surface area contributed by atoms with E-state index in [0.717, 1.165) is 29.7 Å². The lowest BCUT2D eigenvalue weighted by Gasteiger charge is -2.05. The van der Waals surface area contributed by atoms with Gasteiger partial charge in [-0.2, -0.15) is 0 Å². The smallest absolute Gasteiger partial charge is 0.145 e. The maximum absolute atomic E-state index is 14.6. The van der Waals surface area contributed by atoms with E-state index in [-0.39, 0.29) is 23.7 Å². The van der Waals surface area contributed by atoms with Gasteiger partial charge in [-0.1, -0.05) is 48.0 Å². The van der Waals surface area contributed by atoms with Crippen molar-refractivity contribution in [2.75, 3.05) is 6.61 Å². The van der Waals surface area contributed by atoms with Crippen LogP contribution in [-0.4, -0.2) is 6.61 Å². The Hall–Kier alpha value is -4.55. The molecule has 4 rings (SSSR count). The SMILES string of the molecule is C/C=C/COc1cc(F)c(C#Cc2cc(F)c(C#Cc3ccc4cc(F)ccc4c3)c(F)c2)c(F)c1. The molecule has 0 unspecified atom stereocenters. The number of ether oxygens (including phenoxy) is 1. The van der Waals surface area contributed by atoms with Crippen LogP contribution in [0.5, 0.6) is 5.75 Å². The average Bonchev–Trinajstić information content (AvgIpc) is 2.83. The Morgan fingerprint density at radius 2 is 1.19 bits per heavy atom. The molecule has 0 fully saturated rings. The first-order valence-electron chi connectivity index (χ1n) is 10.8. The molecule has 0 bridgehead atoms. The van der Waals surface area contributed by atoms with Gasteiger partial charge in [-0.25, -0.2) is 22.0 Å². The van der Waals surface area contributed by atoms with Crippen LogP contribution in [0.15, 0.2) is 72.8 Å². The quantitative estimate of drug-likeness (QED) is 0.167. The van der Waals surface area contributed by atoms with Gasteiger partial charge in [0.2, 0.25) is 0 Å². The molecule has 0 aliphatic heterocycles. The third kappa shape index (κ3) is 5.74. The van der Waals surface area contributed by atoms with E-state index in [9.17, 15) is 22.0 Å². The minimum atomic E-state index is -0.969. The van der Waals surface area contributed by atoms with Crippen molar-refractivity contribution >= 4 is 10.8 Å². The van der Waals surface area contributed by atoms with E-state index in [0.29, 0.717) is 10.9 Å². The molecule has 0 aliphatic rings. The van der Waals surface area contributed by atoms with Crippen LogP contribution >= 0.6 is 0 Å². The summed E-state index contributed by atoms with van der Waals surface area (Å²) < 4.78 is 76.3. The third-order valence-corrected chi connectivity index (χ3v) is 5.11. The van der Waals surface area contributed by atoms with Crippen molar-refractivity contribution in [3.63, 3.8) is 0 Å². The second-order valence-corrected chi connectivity index (χ2v) is 7.66. The maximum atomic E-state index is 14.6. The zero-order valence-corrected chi connectivity index (χ0v) is 18.9. The summed E-state index contributed by atoms with van der Waals surface area (Å²) in [5.74, 6) is 5.58. The molecule has 0 heterocycles. The van der Waals surface area contributed by atoms with E-state index < -0.39 is 34.4 Å². The number of allylic oxidation sites excluding steroid dienone is 1. The molecule has 0 aliphatic carbocycles. The number of hydrogen-bond acceptors (Lipinski definition) is 1. The highest BCUT2D eigenvalue weighted by atomic mass is 19.1. The largest absolute Gasteiger partial charge is 0.489 e. The van der Waals surface area contributed by atoms with Gasteiger partial charge in [0.1, 0.15) is 41.4 Å². The molecule has 6 heteroatoms. The standard InChI is InChI=1S/C30H17F5O/c1-2-3-12-36-24-17-29(34)26(30(35)18-24)11-6-20-14-27(32)25(28(33)15-20)10-5-19-4-7-22-16-23(31)9-8-21(22)13-19/h2-4,7-9,13-18H,12H2,1H3/b3-2+. The highest BCUT2D eigenvalue weighted by molar-refractivity contribution is 5.84. The average molecular weight is 488 g/mol. The minimum Gasteiger partial charge on any atom is -0.489 e. The van der Waals surface area contributed by atoms with E-state index in [1.54, 1.807) is 43.3 Å². The summed E-state index contributed by atoms with van der Waals surface area (Å²) in [6, 6.07) is 13.1. The number of fused-ring (bicyclic) bond motifs is 1. The van der Waals surface area contributed by atoms with Crippen molar-refractivity contribution in [2.45, 2.75) is 6.92 Å². The summed E-state index contributed by atoms with van der Waals surface area (Å²) in [5, 5.41) is 1.40. The molecule has 4 aromatic rings. The summed E-state index contributed by atoms with van der Waals surface area (Å²) in [6.45, 7) is 1.93. The molecular weight excluding hydrogens is 471 g/mol. The van der Waals surface area contributed by atoms with Crippen molar-refractivity contribution in [3.05, 3.63) is 124 Å². The fraction of sp³-hybridized carbons (Fsp3) is 0.0667. The Morgan fingerprint density at radius 3 is 1.83 bits per heavy atom. The van der Waals surface area contributed by atoms with Crippen LogP contribution < -0.4 is 4.74 Å². The number of hydrogen-bond donors (Lipinski definition) is 0. The van der Waals surface area contributed by atoms with Crippen molar-refractivity contribution < 1.29 is 26.7 Å². The van der Waals surface area contributed by atoms with Crippen molar-refractivity contribution in [1.29, 1.82) is 0 Å². The molecule has 0 radical (unpaired) electrons. The molecular formula is C30H17F5O. The first-order chi connectivity index (χ1) is 17.3. The van der Waals surface area contributed by atoms with E-state index in [1.807, 2.05) is 0 Å². The van der Waals surface area contributed by atoms with E-state index >= 15 is 0 Å². The summed E-state index contributed by atoms with van der Waals surface area (Å²) in [5.41, 5.74) is -0.648. The maximum Gasteiger partial charge on any atom is 0.145 e. The van der Waals surface area contributed by atoms with E-state index in [1.165, 1.54) is 12.1 Å². The number of halogens is 5. The molecule has 1 nitrogen and oxygen atoms in total. The van der Waals surface area contributed by atoms with Gasteiger partial charge in [-0.15, -0.1) is 0 Å². The Kier molecular flexibility index (Phi) is 7.37. The molecule has 0 saturated carbocycles.